The predicted octanol–water partition coefficient (Wildman–Crippen LogP) is 1.53. The second-order valence-corrected chi connectivity index (χ2v) is 3.26. The summed E-state index contributed by atoms with van der Waals surface area (Å²) in [6.07, 6.45) is 0.0252. The lowest BCUT2D eigenvalue weighted by Crippen LogP contribution is -2.02. The van der Waals surface area contributed by atoms with Gasteiger partial charge in [-0.05, 0) is 6.07 Å². The molecule has 0 aliphatic rings. The number of nitro groups is 1. The lowest BCUT2D eigenvalue weighted by Gasteiger charge is -2.06. The van der Waals surface area contributed by atoms with E-state index in [1.165, 1.54) is 0 Å². The number of Topliss-reactive ketones (excluding diaryl/α,β-unsaturated/α-hetero) is 1. The fourth-order valence-electron chi connectivity index (χ4n) is 1.26. The first-order valence-electron chi connectivity index (χ1n) is 4.67. The van der Waals surface area contributed by atoms with Crippen molar-refractivity contribution in [2.45, 2.75) is 19.8 Å². The molecule has 0 fully saturated rings. The maximum absolute atomic E-state index is 11.2. The van der Waals surface area contributed by atoms with Crippen LogP contribution in [-0.4, -0.2) is 20.9 Å². The Labute approximate surface area is 91.3 Å². The highest BCUT2D eigenvalue weighted by atomic mass is 16.6. The highest BCUT2D eigenvalue weighted by Gasteiger charge is 2.21. The van der Waals surface area contributed by atoms with Gasteiger partial charge in [0, 0.05) is 18.9 Å². The molecule has 1 rings (SSSR count). The van der Waals surface area contributed by atoms with Crippen molar-refractivity contribution in [3.63, 3.8) is 0 Å². The Hall–Kier alpha value is -2.11. The van der Waals surface area contributed by atoms with Gasteiger partial charge in [0.05, 0.1) is 10.5 Å². The second kappa shape index (κ2) is 4.61. The molecular formula is C10H11NO5. The van der Waals surface area contributed by atoms with E-state index in [1.54, 1.807) is 6.92 Å². The van der Waals surface area contributed by atoms with E-state index in [-0.39, 0.29) is 29.9 Å². The third kappa shape index (κ3) is 2.28. The maximum Gasteiger partial charge on any atom is 0.311 e. The molecule has 0 saturated carbocycles. The highest BCUT2D eigenvalue weighted by molar-refractivity contribution is 5.82. The Bertz CT molecular complexity index is 441. The van der Waals surface area contributed by atoms with Gasteiger partial charge in [-0.3, -0.25) is 14.9 Å². The quantitative estimate of drug-likeness (QED) is 0.597. The highest BCUT2D eigenvalue weighted by Crippen LogP contribution is 2.35. The third-order valence-electron chi connectivity index (χ3n) is 2.20. The summed E-state index contributed by atoms with van der Waals surface area (Å²) in [6.45, 7) is 1.63. The van der Waals surface area contributed by atoms with Crippen molar-refractivity contribution in [1.82, 2.24) is 0 Å². The SMILES string of the molecule is CCC(=O)Cc1c(O)ccc([N+](=O)[O-])c1O. The molecular weight excluding hydrogens is 214 g/mol. The summed E-state index contributed by atoms with van der Waals surface area (Å²) in [5.74, 6) is -1.18. The first-order chi connectivity index (χ1) is 7.47. The number of phenols is 2. The number of phenolic OH excluding ortho intramolecular Hbond substituents is 2. The van der Waals surface area contributed by atoms with Crippen LogP contribution < -0.4 is 0 Å². The van der Waals surface area contributed by atoms with Crippen LogP contribution in [0.25, 0.3) is 0 Å². The summed E-state index contributed by atoms with van der Waals surface area (Å²) < 4.78 is 0. The van der Waals surface area contributed by atoms with E-state index in [0.717, 1.165) is 12.1 Å². The monoisotopic (exact) mass is 225 g/mol. The van der Waals surface area contributed by atoms with E-state index < -0.39 is 16.4 Å². The lowest BCUT2D eigenvalue weighted by atomic mass is 10.0. The molecule has 2 N–H and O–H groups in total. The normalized spacial score (nSPS) is 10.1. The minimum absolute atomic E-state index is 0.0962. The van der Waals surface area contributed by atoms with Crippen LogP contribution in [0.3, 0.4) is 0 Å². The Morgan fingerprint density at radius 3 is 2.56 bits per heavy atom. The van der Waals surface area contributed by atoms with Gasteiger partial charge >= 0.3 is 5.69 Å². The molecule has 0 atom stereocenters. The van der Waals surface area contributed by atoms with E-state index in [1.807, 2.05) is 0 Å². The standard InChI is InChI=1S/C10H11NO5/c1-2-6(12)5-7-9(13)4-3-8(10(7)14)11(15)16/h3-4,13-14H,2,5H2,1H3. The molecule has 0 bridgehead atoms. The fourth-order valence-corrected chi connectivity index (χ4v) is 1.26. The Balaban J connectivity index is 3.21. The van der Waals surface area contributed by atoms with Crippen LogP contribution in [0.1, 0.15) is 18.9 Å². The van der Waals surface area contributed by atoms with Crippen LogP contribution in [0.4, 0.5) is 5.69 Å². The van der Waals surface area contributed by atoms with Gasteiger partial charge in [0.15, 0.2) is 0 Å². The zero-order valence-corrected chi connectivity index (χ0v) is 8.64. The second-order valence-electron chi connectivity index (χ2n) is 3.26. The van der Waals surface area contributed by atoms with Crippen molar-refractivity contribution in [2.75, 3.05) is 0 Å². The Morgan fingerprint density at radius 2 is 2.06 bits per heavy atom. The number of carbonyl (C=O) groups is 1. The number of carbonyl (C=O) groups excluding carboxylic acids is 1. The average molecular weight is 225 g/mol. The first kappa shape index (κ1) is 12.0. The first-order valence-corrected chi connectivity index (χ1v) is 4.67. The Morgan fingerprint density at radius 1 is 1.44 bits per heavy atom. The number of rotatable bonds is 4. The van der Waals surface area contributed by atoms with Crippen molar-refractivity contribution in [2.24, 2.45) is 0 Å². The number of hydrogen-bond donors (Lipinski definition) is 2. The number of aromatic hydroxyl groups is 2. The average Bonchev–Trinajstić information content (AvgIpc) is 2.23. The van der Waals surface area contributed by atoms with Crippen LogP contribution in [0, 0.1) is 10.1 Å². The molecule has 0 aliphatic carbocycles. The minimum atomic E-state index is -0.769. The molecule has 6 heteroatoms. The lowest BCUT2D eigenvalue weighted by molar-refractivity contribution is -0.385. The molecule has 86 valence electrons. The van der Waals surface area contributed by atoms with Gasteiger partial charge < -0.3 is 10.2 Å². The topological polar surface area (TPSA) is 101 Å². The molecule has 0 aromatic heterocycles. The van der Waals surface area contributed by atoms with Crippen LogP contribution in [0.5, 0.6) is 11.5 Å². The van der Waals surface area contributed by atoms with Gasteiger partial charge in [-0.2, -0.15) is 0 Å². The van der Waals surface area contributed by atoms with Crippen molar-refractivity contribution in [3.05, 3.63) is 27.8 Å². The van der Waals surface area contributed by atoms with Gasteiger partial charge in [-0.15, -0.1) is 0 Å². The van der Waals surface area contributed by atoms with Gasteiger partial charge in [0.25, 0.3) is 0 Å². The van der Waals surface area contributed by atoms with E-state index in [4.69, 9.17) is 0 Å². The van der Waals surface area contributed by atoms with Gasteiger partial charge in [-0.1, -0.05) is 6.92 Å². The molecule has 0 spiro atoms. The number of ketones is 1. The Kier molecular flexibility index (Phi) is 3.44. The molecule has 1 aromatic rings. The van der Waals surface area contributed by atoms with Crippen molar-refractivity contribution >= 4 is 11.5 Å². The number of nitro benzene ring substituents is 1. The fraction of sp³-hybridized carbons (Fsp3) is 0.300. The third-order valence-corrected chi connectivity index (χ3v) is 2.20. The summed E-state index contributed by atoms with van der Waals surface area (Å²) in [7, 11) is 0. The van der Waals surface area contributed by atoms with E-state index >= 15 is 0 Å². The van der Waals surface area contributed by atoms with Gasteiger partial charge in [0.1, 0.15) is 11.5 Å². The number of hydrogen-bond acceptors (Lipinski definition) is 5. The molecule has 1 aromatic carbocycles. The van der Waals surface area contributed by atoms with Crippen molar-refractivity contribution < 1.29 is 19.9 Å². The molecule has 6 nitrogen and oxygen atoms in total. The van der Waals surface area contributed by atoms with Gasteiger partial charge in [-0.25, -0.2) is 0 Å². The largest absolute Gasteiger partial charge is 0.508 e. The predicted molar refractivity (Wildman–Crippen MR) is 55.4 cm³/mol. The summed E-state index contributed by atoms with van der Waals surface area (Å²) >= 11 is 0. The smallest absolute Gasteiger partial charge is 0.311 e. The van der Waals surface area contributed by atoms with E-state index in [9.17, 15) is 25.1 Å². The van der Waals surface area contributed by atoms with E-state index in [2.05, 4.69) is 0 Å². The van der Waals surface area contributed by atoms with Crippen LogP contribution in [0.2, 0.25) is 0 Å². The molecule has 0 heterocycles. The van der Waals surface area contributed by atoms with Crippen LogP contribution >= 0.6 is 0 Å². The molecule has 0 amide bonds. The number of benzene rings is 1. The summed E-state index contributed by atoms with van der Waals surface area (Å²) in [5, 5.41) is 29.5. The summed E-state index contributed by atoms with van der Waals surface area (Å²) in [6, 6.07) is 2.08. The van der Waals surface area contributed by atoms with Gasteiger partial charge in [0.2, 0.25) is 5.75 Å². The number of nitrogens with zero attached hydrogens (tertiary/aromatic N) is 1. The maximum atomic E-state index is 11.2. The molecule has 0 saturated heterocycles. The molecule has 16 heavy (non-hydrogen) atoms. The summed E-state index contributed by atoms with van der Waals surface area (Å²) in [4.78, 5) is 20.9. The van der Waals surface area contributed by atoms with Crippen molar-refractivity contribution in [3.8, 4) is 11.5 Å². The van der Waals surface area contributed by atoms with Crippen LogP contribution in [-0.2, 0) is 11.2 Å². The zero-order valence-electron chi connectivity index (χ0n) is 8.64. The molecule has 0 radical (unpaired) electrons. The molecule has 0 aliphatic heterocycles. The summed E-state index contributed by atoms with van der Waals surface area (Å²) in [5.41, 5.74) is -0.613. The van der Waals surface area contributed by atoms with Crippen molar-refractivity contribution in [1.29, 1.82) is 0 Å². The molecule has 0 unspecified atom stereocenters. The zero-order chi connectivity index (χ0) is 12.3. The minimum Gasteiger partial charge on any atom is -0.508 e. The van der Waals surface area contributed by atoms with E-state index in [0.29, 0.717) is 0 Å². The van der Waals surface area contributed by atoms with Crippen LogP contribution in [0.15, 0.2) is 12.1 Å².